The van der Waals surface area contributed by atoms with E-state index in [0.717, 1.165) is 19.4 Å². The van der Waals surface area contributed by atoms with Crippen LogP contribution in [0.2, 0.25) is 0 Å². The molecule has 1 heterocycles. The first-order valence-electron chi connectivity index (χ1n) is 4.84. The van der Waals surface area contributed by atoms with Crippen molar-refractivity contribution in [2.24, 2.45) is 0 Å². The number of aryl methyl sites for hydroxylation is 1. The van der Waals surface area contributed by atoms with E-state index in [0.29, 0.717) is 11.4 Å². The minimum absolute atomic E-state index is 0.356. The predicted octanol–water partition coefficient (Wildman–Crippen LogP) is 1.82. The molecule has 1 aromatic heterocycles. The van der Waals surface area contributed by atoms with Gasteiger partial charge in [-0.15, -0.1) is 6.58 Å². The lowest BCUT2D eigenvalue weighted by molar-refractivity contribution is 0.0588. The highest BCUT2D eigenvalue weighted by Gasteiger charge is 2.12. The van der Waals surface area contributed by atoms with Gasteiger partial charge < -0.3 is 15.0 Å². The molecular formula is C11H16N2O2. The van der Waals surface area contributed by atoms with Gasteiger partial charge in [0.1, 0.15) is 5.69 Å². The number of rotatable bonds is 5. The van der Waals surface area contributed by atoms with E-state index in [1.54, 1.807) is 12.3 Å². The van der Waals surface area contributed by atoms with Gasteiger partial charge in [0.05, 0.1) is 12.8 Å². The van der Waals surface area contributed by atoms with Gasteiger partial charge in [-0.25, -0.2) is 4.79 Å². The van der Waals surface area contributed by atoms with Crippen LogP contribution < -0.4 is 5.73 Å². The molecule has 0 saturated carbocycles. The van der Waals surface area contributed by atoms with Crippen LogP contribution >= 0.6 is 0 Å². The number of methoxy groups -OCH3 is 1. The SMILES string of the molecule is C=CCCCn1cc(N)cc1C(=O)OC. The number of carbonyl (C=O) groups excluding carboxylic acids is 1. The summed E-state index contributed by atoms with van der Waals surface area (Å²) in [5.41, 5.74) is 6.70. The van der Waals surface area contributed by atoms with E-state index in [2.05, 4.69) is 11.3 Å². The summed E-state index contributed by atoms with van der Waals surface area (Å²) >= 11 is 0. The molecule has 15 heavy (non-hydrogen) atoms. The Balaban J connectivity index is 2.76. The highest BCUT2D eigenvalue weighted by Crippen LogP contribution is 2.12. The molecule has 0 fully saturated rings. The summed E-state index contributed by atoms with van der Waals surface area (Å²) in [6, 6.07) is 1.62. The Morgan fingerprint density at radius 1 is 1.73 bits per heavy atom. The van der Waals surface area contributed by atoms with Gasteiger partial charge in [0, 0.05) is 12.7 Å². The number of allylic oxidation sites excluding steroid dienone is 1. The average Bonchev–Trinajstić information content (AvgIpc) is 2.59. The fourth-order valence-electron chi connectivity index (χ4n) is 1.40. The molecule has 4 nitrogen and oxygen atoms in total. The number of nitrogens with zero attached hydrogens (tertiary/aromatic N) is 1. The quantitative estimate of drug-likeness (QED) is 0.456. The van der Waals surface area contributed by atoms with Gasteiger partial charge in [-0.1, -0.05) is 6.08 Å². The fourth-order valence-corrected chi connectivity index (χ4v) is 1.40. The van der Waals surface area contributed by atoms with Crippen molar-refractivity contribution in [1.29, 1.82) is 0 Å². The number of nitrogens with two attached hydrogens (primary N) is 1. The second-order valence-corrected chi connectivity index (χ2v) is 3.27. The van der Waals surface area contributed by atoms with Crippen LogP contribution in [-0.2, 0) is 11.3 Å². The summed E-state index contributed by atoms with van der Waals surface area (Å²) in [6.07, 6.45) is 5.44. The summed E-state index contributed by atoms with van der Waals surface area (Å²) in [7, 11) is 1.36. The Hall–Kier alpha value is -1.71. The molecule has 0 spiro atoms. The van der Waals surface area contributed by atoms with Crippen molar-refractivity contribution in [2.75, 3.05) is 12.8 Å². The lowest BCUT2D eigenvalue weighted by Crippen LogP contribution is -2.09. The number of carbonyl (C=O) groups is 1. The van der Waals surface area contributed by atoms with Crippen molar-refractivity contribution in [3.63, 3.8) is 0 Å². The molecule has 0 saturated heterocycles. The zero-order valence-electron chi connectivity index (χ0n) is 8.90. The minimum Gasteiger partial charge on any atom is -0.464 e. The summed E-state index contributed by atoms with van der Waals surface area (Å²) in [4.78, 5) is 11.4. The van der Waals surface area contributed by atoms with Crippen LogP contribution in [0.1, 0.15) is 23.3 Å². The Labute approximate surface area is 89.3 Å². The number of esters is 1. The van der Waals surface area contributed by atoms with Crippen molar-refractivity contribution in [1.82, 2.24) is 4.57 Å². The lowest BCUT2D eigenvalue weighted by Gasteiger charge is -2.05. The molecule has 0 amide bonds. The Morgan fingerprint density at radius 2 is 2.47 bits per heavy atom. The molecule has 1 rings (SSSR count). The third-order valence-electron chi connectivity index (χ3n) is 2.12. The van der Waals surface area contributed by atoms with Gasteiger partial charge >= 0.3 is 5.97 Å². The highest BCUT2D eigenvalue weighted by molar-refractivity contribution is 5.88. The first kappa shape index (κ1) is 11.4. The smallest absolute Gasteiger partial charge is 0.354 e. The lowest BCUT2D eigenvalue weighted by atomic mass is 10.3. The number of hydrogen-bond acceptors (Lipinski definition) is 3. The molecular weight excluding hydrogens is 192 g/mol. The normalized spacial score (nSPS) is 9.93. The zero-order chi connectivity index (χ0) is 11.3. The van der Waals surface area contributed by atoms with Crippen molar-refractivity contribution in [2.45, 2.75) is 19.4 Å². The number of anilines is 1. The summed E-state index contributed by atoms with van der Waals surface area (Å²) in [5, 5.41) is 0. The average molecular weight is 208 g/mol. The van der Waals surface area contributed by atoms with Crippen LogP contribution in [0.15, 0.2) is 24.9 Å². The molecule has 0 aliphatic rings. The monoisotopic (exact) mass is 208 g/mol. The topological polar surface area (TPSA) is 57.2 Å². The number of ether oxygens (including phenoxy) is 1. The van der Waals surface area contributed by atoms with E-state index < -0.39 is 0 Å². The second-order valence-electron chi connectivity index (χ2n) is 3.27. The molecule has 4 heteroatoms. The number of hydrogen-bond donors (Lipinski definition) is 1. The van der Waals surface area contributed by atoms with Crippen LogP contribution in [0.3, 0.4) is 0 Å². The third kappa shape index (κ3) is 2.87. The maximum Gasteiger partial charge on any atom is 0.354 e. The second kappa shape index (κ2) is 5.24. The van der Waals surface area contributed by atoms with E-state index in [9.17, 15) is 4.79 Å². The van der Waals surface area contributed by atoms with Gasteiger partial charge in [-0.3, -0.25) is 0 Å². The summed E-state index contributed by atoms with van der Waals surface area (Å²) < 4.78 is 6.47. The zero-order valence-corrected chi connectivity index (χ0v) is 8.90. The number of unbranched alkanes of at least 4 members (excludes halogenated alkanes) is 1. The van der Waals surface area contributed by atoms with Crippen LogP contribution in [0, 0.1) is 0 Å². The van der Waals surface area contributed by atoms with Crippen LogP contribution in [0.25, 0.3) is 0 Å². The molecule has 0 aliphatic carbocycles. The summed E-state index contributed by atoms with van der Waals surface area (Å²) in [5.74, 6) is -0.356. The highest BCUT2D eigenvalue weighted by atomic mass is 16.5. The molecule has 0 atom stereocenters. The van der Waals surface area contributed by atoms with E-state index in [-0.39, 0.29) is 5.97 Å². The molecule has 0 radical (unpaired) electrons. The van der Waals surface area contributed by atoms with Gasteiger partial charge in [-0.05, 0) is 18.9 Å². The minimum atomic E-state index is -0.356. The van der Waals surface area contributed by atoms with Gasteiger partial charge in [0.25, 0.3) is 0 Å². The Morgan fingerprint density at radius 3 is 3.07 bits per heavy atom. The van der Waals surface area contributed by atoms with Gasteiger partial charge in [-0.2, -0.15) is 0 Å². The number of nitrogen functional groups attached to an aromatic ring is 1. The van der Waals surface area contributed by atoms with Crippen molar-refractivity contribution in [3.8, 4) is 0 Å². The molecule has 82 valence electrons. The van der Waals surface area contributed by atoms with Crippen molar-refractivity contribution < 1.29 is 9.53 Å². The maximum absolute atomic E-state index is 11.4. The van der Waals surface area contributed by atoms with Gasteiger partial charge in [0.15, 0.2) is 0 Å². The largest absolute Gasteiger partial charge is 0.464 e. The molecule has 0 unspecified atom stereocenters. The van der Waals surface area contributed by atoms with E-state index in [4.69, 9.17) is 5.73 Å². The molecule has 0 aliphatic heterocycles. The summed E-state index contributed by atoms with van der Waals surface area (Å²) in [6.45, 7) is 4.39. The Kier molecular flexibility index (Phi) is 3.97. The molecule has 1 aromatic rings. The van der Waals surface area contributed by atoms with Crippen molar-refractivity contribution >= 4 is 11.7 Å². The number of aromatic nitrogens is 1. The standard InChI is InChI=1S/C11H16N2O2/c1-3-4-5-6-13-8-9(12)7-10(13)11(14)15-2/h3,7-8H,1,4-6,12H2,2H3. The van der Waals surface area contributed by atoms with Crippen LogP contribution in [0.5, 0.6) is 0 Å². The van der Waals surface area contributed by atoms with Crippen molar-refractivity contribution in [3.05, 3.63) is 30.6 Å². The van der Waals surface area contributed by atoms with Crippen LogP contribution in [-0.4, -0.2) is 17.6 Å². The first-order valence-corrected chi connectivity index (χ1v) is 4.84. The molecule has 0 bridgehead atoms. The third-order valence-corrected chi connectivity index (χ3v) is 2.12. The van der Waals surface area contributed by atoms with E-state index in [1.165, 1.54) is 7.11 Å². The van der Waals surface area contributed by atoms with Crippen LogP contribution in [0.4, 0.5) is 5.69 Å². The fraction of sp³-hybridized carbons (Fsp3) is 0.364. The maximum atomic E-state index is 11.4. The predicted molar refractivity (Wildman–Crippen MR) is 59.6 cm³/mol. The first-order chi connectivity index (χ1) is 7.19. The molecule has 2 N–H and O–H groups in total. The van der Waals surface area contributed by atoms with E-state index >= 15 is 0 Å². The molecule has 0 aromatic carbocycles. The van der Waals surface area contributed by atoms with E-state index in [1.807, 2.05) is 10.6 Å². The van der Waals surface area contributed by atoms with Gasteiger partial charge in [0.2, 0.25) is 0 Å². The Bertz CT molecular complexity index is 355.